The summed E-state index contributed by atoms with van der Waals surface area (Å²) in [6, 6.07) is 86.4. The third-order valence-corrected chi connectivity index (χ3v) is 19.6. The first-order valence-electron chi connectivity index (χ1n) is 32.4. The normalized spacial score (nSPS) is 13.7. The second-order valence-corrected chi connectivity index (χ2v) is 30.8. The van der Waals surface area contributed by atoms with E-state index in [0.717, 1.165) is 51.2 Å². The highest BCUT2D eigenvalue weighted by atomic mass is 15.2. The zero-order chi connectivity index (χ0) is 62.7. The predicted octanol–water partition coefficient (Wildman–Crippen LogP) is 21.8. The largest absolute Gasteiger partial charge is 0.311 e. The number of nitrogens with zero attached hydrogens (tertiary/aromatic N) is 5. The number of para-hydroxylation sites is 2. The van der Waals surface area contributed by atoms with Crippen LogP contribution in [0, 0.1) is 0 Å². The van der Waals surface area contributed by atoms with E-state index in [-0.39, 0.29) is 33.8 Å². The molecule has 6 heteroatoms. The second kappa shape index (κ2) is 20.1. The van der Waals surface area contributed by atoms with E-state index >= 15 is 0 Å². The van der Waals surface area contributed by atoms with Crippen LogP contribution in [0.15, 0.2) is 224 Å². The average Bonchev–Trinajstić information content (AvgIpc) is 1.13. The Labute approximate surface area is 533 Å². The van der Waals surface area contributed by atoms with Crippen LogP contribution in [0.1, 0.15) is 132 Å². The maximum atomic E-state index is 2.72. The summed E-state index contributed by atoms with van der Waals surface area (Å²) in [5.41, 5.74) is 27.3. The number of anilines is 12. The van der Waals surface area contributed by atoms with Crippen molar-refractivity contribution in [2.75, 3.05) is 19.6 Å². The summed E-state index contributed by atoms with van der Waals surface area (Å²) in [6.45, 7) is 35.0. The molecule has 11 aromatic carbocycles. The van der Waals surface area contributed by atoms with E-state index in [1.807, 2.05) is 0 Å². The zero-order valence-corrected chi connectivity index (χ0v) is 55.2. The Hall–Kier alpha value is -9.26. The van der Waals surface area contributed by atoms with Crippen LogP contribution in [0.2, 0.25) is 0 Å². The lowest BCUT2D eigenvalue weighted by atomic mass is 9.33. The van der Waals surface area contributed by atoms with Crippen LogP contribution < -0.4 is 36.0 Å². The molecular formula is C84H82BN5. The molecule has 0 saturated carbocycles. The fourth-order valence-electron chi connectivity index (χ4n) is 14.6. The smallest absolute Gasteiger partial charge is 0.252 e. The van der Waals surface area contributed by atoms with Gasteiger partial charge in [0.15, 0.2) is 0 Å². The molecule has 0 unspecified atom stereocenters. The molecule has 3 aliphatic heterocycles. The second-order valence-electron chi connectivity index (χ2n) is 30.8. The monoisotopic (exact) mass is 1170 g/mol. The quantitative estimate of drug-likeness (QED) is 0.148. The molecule has 0 N–H and O–H groups in total. The zero-order valence-electron chi connectivity index (χ0n) is 55.2. The number of hydrogen-bond donors (Lipinski definition) is 0. The summed E-state index contributed by atoms with van der Waals surface area (Å²) in [7, 11) is 0. The summed E-state index contributed by atoms with van der Waals surface area (Å²) >= 11 is 0. The standard InChI is InChI=1S/C84H82BN5/c1-80(2,3)54-33-38-61(39-34-54)86(62-40-35-55(36-41-62)81(4,5)6)63-42-43-68-72(50-63)88(70-32-24-26-53-25-22-23-31-65(53)70)73-51-64(87(59-27-18-16-19-28-59)60-29-20-17-21-30-60)52-74-77(73)85(68)69-47-58(84(13,14)15)49-76-79(69)90(74)75-48-57(83(10,11)12)46-67-66-45-56(82(7,8)9)37-44-71(66)89(76)78(67)75/h16-52H,1-15H3. The lowest BCUT2D eigenvalue weighted by Crippen LogP contribution is -2.62. The maximum absolute atomic E-state index is 2.72. The van der Waals surface area contributed by atoms with Gasteiger partial charge in [0, 0.05) is 61.7 Å². The van der Waals surface area contributed by atoms with Crippen molar-refractivity contribution >= 4 is 124 Å². The van der Waals surface area contributed by atoms with Crippen molar-refractivity contribution in [2.24, 2.45) is 0 Å². The number of fused-ring (bicyclic) bond motifs is 10. The van der Waals surface area contributed by atoms with Crippen LogP contribution in [0.4, 0.5) is 68.2 Å². The lowest BCUT2D eigenvalue weighted by molar-refractivity contribution is 0.590. The first-order chi connectivity index (χ1) is 42.8. The van der Waals surface area contributed by atoms with Crippen molar-refractivity contribution in [3.8, 4) is 5.69 Å². The van der Waals surface area contributed by atoms with Gasteiger partial charge in [0.05, 0.1) is 39.5 Å². The minimum atomic E-state index is -0.186. The number of benzene rings is 11. The van der Waals surface area contributed by atoms with Gasteiger partial charge in [0.2, 0.25) is 0 Å². The van der Waals surface area contributed by atoms with Crippen molar-refractivity contribution in [3.63, 3.8) is 0 Å². The number of rotatable bonds is 7. The van der Waals surface area contributed by atoms with Gasteiger partial charge in [-0.3, -0.25) is 0 Å². The van der Waals surface area contributed by atoms with Gasteiger partial charge < -0.3 is 24.2 Å². The van der Waals surface area contributed by atoms with Gasteiger partial charge in [-0.2, -0.15) is 0 Å². The first kappa shape index (κ1) is 57.2. The van der Waals surface area contributed by atoms with E-state index in [1.54, 1.807) is 0 Å². The van der Waals surface area contributed by atoms with Gasteiger partial charge in [0.25, 0.3) is 6.71 Å². The molecular weight excluding hydrogens is 1090 g/mol. The van der Waals surface area contributed by atoms with Crippen LogP contribution in [-0.4, -0.2) is 11.3 Å². The lowest BCUT2D eigenvalue weighted by Gasteiger charge is -2.47. The summed E-state index contributed by atoms with van der Waals surface area (Å²) in [5, 5.41) is 4.96. The average molecular weight is 1170 g/mol. The molecule has 3 aliphatic rings. The molecule has 446 valence electrons. The van der Waals surface area contributed by atoms with Crippen molar-refractivity contribution < 1.29 is 0 Å². The molecule has 0 spiro atoms. The fourth-order valence-corrected chi connectivity index (χ4v) is 14.6. The molecule has 12 aromatic rings. The van der Waals surface area contributed by atoms with Crippen molar-refractivity contribution in [2.45, 2.75) is 131 Å². The fraction of sp³-hybridized carbons (Fsp3) is 0.238. The van der Waals surface area contributed by atoms with Gasteiger partial charge in [-0.15, -0.1) is 0 Å². The Morgan fingerprint density at radius 2 is 0.756 bits per heavy atom. The summed E-state index contributed by atoms with van der Waals surface area (Å²) in [6.07, 6.45) is 0. The third-order valence-electron chi connectivity index (χ3n) is 19.6. The van der Waals surface area contributed by atoms with Gasteiger partial charge in [-0.25, -0.2) is 0 Å². The minimum absolute atomic E-state index is 0.00352. The summed E-state index contributed by atoms with van der Waals surface area (Å²) < 4.78 is 2.66. The molecule has 5 nitrogen and oxygen atoms in total. The van der Waals surface area contributed by atoms with Crippen LogP contribution in [0.25, 0.3) is 38.3 Å². The first-order valence-corrected chi connectivity index (χ1v) is 32.4. The Morgan fingerprint density at radius 3 is 1.34 bits per heavy atom. The molecule has 0 atom stereocenters. The molecule has 0 bridgehead atoms. The van der Waals surface area contributed by atoms with Crippen molar-refractivity contribution in [1.82, 2.24) is 4.57 Å². The highest BCUT2D eigenvalue weighted by Crippen LogP contribution is 2.56. The van der Waals surface area contributed by atoms with Crippen LogP contribution in [0.3, 0.4) is 0 Å². The molecule has 15 rings (SSSR count). The Bertz CT molecular complexity index is 4740. The Balaban J connectivity index is 1.11. The Morgan fingerprint density at radius 1 is 0.289 bits per heavy atom. The number of aromatic nitrogens is 1. The van der Waals surface area contributed by atoms with E-state index in [0.29, 0.717) is 0 Å². The molecule has 4 heterocycles. The van der Waals surface area contributed by atoms with E-state index < -0.39 is 0 Å². The minimum Gasteiger partial charge on any atom is -0.311 e. The van der Waals surface area contributed by atoms with Crippen molar-refractivity contribution in [3.05, 3.63) is 252 Å². The molecule has 0 amide bonds. The SMILES string of the molecule is CC(C)(C)c1ccc(N(c2ccc(C(C)(C)C)cc2)c2ccc3c(c2)N(c2cccc4ccccc24)c2cc(N(c4ccccc4)c4ccccc4)cc4c2B3c2cc(C(C)(C)C)cc3c2N4c2cc(C(C)(C)C)cc4c5cc(C(C)(C)C)ccc5n-3c24)cc1. The molecule has 0 radical (unpaired) electrons. The molecule has 90 heavy (non-hydrogen) atoms. The van der Waals surface area contributed by atoms with E-state index in [9.17, 15) is 0 Å². The van der Waals surface area contributed by atoms with Crippen LogP contribution >= 0.6 is 0 Å². The molecule has 0 saturated heterocycles. The van der Waals surface area contributed by atoms with Gasteiger partial charge in [-0.1, -0.05) is 219 Å². The molecule has 1 aromatic heterocycles. The van der Waals surface area contributed by atoms with Gasteiger partial charge >= 0.3 is 0 Å². The summed E-state index contributed by atoms with van der Waals surface area (Å²) in [5.74, 6) is 0. The molecule has 0 aliphatic carbocycles. The highest BCUT2D eigenvalue weighted by Gasteiger charge is 2.48. The third kappa shape index (κ3) is 9.18. The van der Waals surface area contributed by atoms with E-state index in [2.05, 4.69) is 352 Å². The van der Waals surface area contributed by atoms with Crippen LogP contribution in [-0.2, 0) is 27.1 Å². The topological polar surface area (TPSA) is 17.9 Å². The van der Waals surface area contributed by atoms with Crippen molar-refractivity contribution in [1.29, 1.82) is 0 Å². The highest BCUT2D eigenvalue weighted by molar-refractivity contribution is 7.00. The van der Waals surface area contributed by atoms with E-state index in [4.69, 9.17) is 0 Å². The summed E-state index contributed by atoms with van der Waals surface area (Å²) in [4.78, 5) is 10.3. The van der Waals surface area contributed by atoms with Gasteiger partial charge in [0.1, 0.15) is 0 Å². The van der Waals surface area contributed by atoms with Gasteiger partial charge in [-0.05, 0) is 186 Å². The van der Waals surface area contributed by atoms with Crippen LogP contribution in [0.5, 0.6) is 0 Å². The maximum Gasteiger partial charge on any atom is 0.252 e. The predicted molar refractivity (Wildman–Crippen MR) is 389 cm³/mol. The number of hydrogen-bond acceptors (Lipinski definition) is 4. The Kier molecular flexibility index (Phi) is 12.8. The van der Waals surface area contributed by atoms with E-state index in [1.165, 1.54) is 99.5 Å². The molecule has 0 fully saturated rings.